The van der Waals surface area contributed by atoms with Gasteiger partial charge in [-0.1, -0.05) is 149 Å². The van der Waals surface area contributed by atoms with Crippen LogP contribution < -0.4 is 14.8 Å². The highest BCUT2D eigenvalue weighted by molar-refractivity contribution is 6.03. The topological polar surface area (TPSA) is 139 Å². The van der Waals surface area contributed by atoms with Crippen molar-refractivity contribution in [3.8, 4) is 11.5 Å². The molecule has 3 aromatic rings. The summed E-state index contributed by atoms with van der Waals surface area (Å²) >= 11 is 0. The molecule has 11 nitrogen and oxygen atoms in total. The van der Waals surface area contributed by atoms with Crippen LogP contribution in [0.3, 0.4) is 0 Å². The molecule has 66 heavy (non-hydrogen) atoms. The third-order valence-corrected chi connectivity index (χ3v) is 13.7. The largest absolute Gasteiger partial charge is 0.459 e. The zero-order valence-corrected chi connectivity index (χ0v) is 39.5. The molecule has 1 aliphatic heterocycles. The van der Waals surface area contributed by atoms with Crippen molar-refractivity contribution in [3.63, 3.8) is 0 Å². The van der Waals surface area contributed by atoms with Crippen LogP contribution in [-0.2, 0) is 27.5 Å². The van der Waals surface area contributed by atoms with E-state index in [9.17, 15) is 19.8 Å². The molecule has 6 atom stereocenters. The molecule has 0 saturated heterocycles. The van der Waals surface area contributed by atoms with Crippen LogP contribution in [0.25, 0.3) is 0 Å². The van der Waals surface area contributed by atoms with Crippen LogP contribution in [0.2, 0.25) is 0 Å². The van der Waals surface area contributed by atoms with Gasteiger partial charge in [-0.05, 0) is 78.8 Å². The smallest absolute Gasteiger partial charge is 0.412 e. The number of likely N-dealkylation sites (N-methyl/N-ethyl adjacent to an activating group) is 1. The number of ether oxygens (including phenoxy) is 3. The Morgan fingerprint density at radius 1 is 0.864 bits per heavy atom. The second-order valence-corrected chi connectivity index (χ2v) is 18.3. The molecule has 6 unspecified atom stereocenters. The summed E-state index contributed by atoms with van der Waals surface area (Å²) in [5.74, 6) is -0.939. The third-order valence-electron chi connectivity index (χ3n) is 13.7. The molecule has 3 N–H and O–H groups in total. The number of unbranched alkanes of at least 4 members (excludes halogenated alkanes) is 10. The Labute approximate surface area is 393 Å². The first-order chi connectivity index (χ1) is 32.3. The zero-order chi connectivity index (χ0) is 46.6. The van der Waals surface area contributed by atoms with Gasteiger partial charge in [0.25, 0.3) is 0 Å². The van der Waals surface area contributed by atoms with E-state index < -0.39 is 23.8 Å². The average Bonchev–Trinajstić information content (AvgIpc) is 3.34. The van der Waals surface area contributed by atoms with Gasteiger partial charge < -0.3 is 39.5 Å². The number of amides is 2. The number of aliphatic hydroxyl groups is 2. The van der Waals surface area contributed by atoms with E-state index in [1.807, 2.05) is 84.7 Å². The van der Waals surface area contributed by atoms with Crippen LogP contribution in [0.15, 0.2) is 108 Å². The molecular formula is C55H75N3O8. The standard InChI is InChI=1S/C55H75N3O8/c1-4-6-7-8-9-10-11-12-19-30-51(61)58(3)50-38-48(57-64-40-42-26-17-14-18-27-42)46-36-43(28-20-22-33-59)45(29-21-23-34-60)52-47-37-44(65-54(62)56-39-41-24-15-13-16-25-41)31-32-49(47)66-55(50,53(46)52)63-35-5-2/h5,13-18,24-27,31-32,36-37,43,45,50,52-53,59-60H,2,4,6-12,19-23,28-30,33-35,38-40H2,1,3H3,(H,56,62). The molecule has 0 bridgehead atoms. The minimum Gasteiger partial charge on any atom is -0.459 e. The quantitative estimate of drug-likeness (QED) is 0.0372. The minimum atomic E-state index is -1.35. The molecule has 0 spiro atoms. The van der Waals surface area contributed by atoms with Crippen molar-refractivity contribution in [1.82, 2.24) is 10.2 Å². The predicted molar refractivity (Wildman–Crippen MR) is 260 cm³/mol. The van der Waals surface area contributed by atoms with Crippen molar-refractivity contribution in [3.05, 3.63) is 120 Å². The number of allylic oxidation sites excluding steroid dienone is 1. The Bertz CT molecular complexity index is 2020. The van der Waals surface area contributed by atoms with Gasteiger partial charge in [0.2, 0.25) is 11.7 Å². The van der Waals surface area contributed by atoms with E-state index in [1.165, 1.54) is 38.5 Å². The first kappa shape index (κ1) is 50.4. The van der Waals surface area contributed by atoms with Gasteiger partial charge in [0.15, 0.2) is 0 Å². The van der Waals surface area contributed by atoms with Crippen molar-refractivity contribution in [2.24, 2.45) is 22.9 Å². The van der Waals surface area contributed by atoms with E-state index in [1.54, 1.807) is 12.1 Å². The van der Waals surface area contributed by atoms with Gasteiger partial charge in [-0.15, -0.1) is 6.58 Å². The molecule has 3 aromatic carbocycles. The van der Waals surface area contributed by atoms with Crippen LogP contribution >= 0.6 is 0 Å². The number of rotatable bonds is 28. The molecule has 6 rings (SSSR count). The van der Waals surface area contributed by atoms with Crippen LogP contribution in [0.1, 0.15) is 139 Å². The fourth-order valence-electron chi connectivity index (χ4n) is 10.4. The number of nitrogens with zero attached hydrogens (tertiary/aromatic N) is 2. The summed E-state index contributed by atoms with van der Waals surface area (Å²) < 4.78 is 20.3. The maximum Gasteiger partial charge on any atom is 0.412 e. The monoisotopic (exact) mass is 906 g/mol. The minimum absolute atomic E-state index is 0.0231. The summed E-state index contributed by atoms with van der Waals surface area (Å²) in [6.45, 7) is 7.25. The highest BCUT2D eigenvalue weighted by Gasteiger charge is 2.65. The van der Waals surface area contributed by atoms with E-state index in [4.69, 9.17) is 24.2 Å². The second kappa shape index (κ2) is 26.4. The van der Waals surface area contributed by atoms with E-state index in [2.05, 4.69) is 24.9 Å². The zero-order valence-electron chi connectivity index (χ0n) is 39.5. The normalized spacial score (nSPS) is 22.3. The lowest BCUT2D eigenvalue weighted by molar-refractivity contribution is -0.255. The lowest BCUT2D eigenvalue weighted by Crippen LogP contribution is -2.69. The molecule has 1 saturated carbocycles. The highest BCUT2D eigenvalue weighted by Crippen LogP contribution is 2.62. The Kier molecular flexibility index (Phi) is 20.2. The van der Waals surface area contributed by atoms with Crippen molar-refractivity contribution >= 4 is 17.7 Å². The highest BCUT2D eigenvalue weighted by atomic mass is 16.7. The molecule has 2 aliphatic carbocycles. The van der Waals surface area contributed by atoms with E-state index in [-0.39, 0.29) is 50.1 Å². The molecule has 0 aromatic heterocycles. The lowest BCUT2D eigenvalue weighted by Gasteiger charge is -2.59. The number of fused-ring (bicyclic) bond motifs is 2. The predicted octanol–water partition coefficient (Wildman–Crippen LogP) is 11.2. The number of carbonyl (C=O) groups is 2. The summed E-state index contributed by atoms with van der Waals surface area (Å²) in [4.78, 5) is 35.8. The molecule has 3 aliphatic rings. The number of hydrogen-bond donors (Lipinski definition) is 3. The number of nitrogens with one attached hydrogen (secondary N) is 1. The molecule has 358 valence electrons. The number of benzene rings is 3. The van der Waals surface area contributed by atoms with Crippen LogP contribution in [0.5, 0.6) is 11.5 Å². The van der Waals surface area contributed by atoms with Crippen molar-refractivity contribution < 1.29 is 38.9 Å². The summed E-state index contributed by atoms with van der Waals surface area (Å²) in [5, 5.41) is 27.7. The van der Waals surface area contributed by atoms with Crippen molar-refractivity contribution in [1.29, 1.82) is 0 Å². The third kappa shape index (κ3) is 13.3. The van der Waals surface area contributed by atoms with Gasteiger partial charge in [0.1, 0.15) is 24.1 Å². The Balaban J connectivity index is 1.40. The molecular weight excluding hydrogens is 831 g/mol. The first-order valence-electron chi connectivity index (χ1n) is 24.8. The van der Waals surface area contributed by atoms with Gasteiger partial charge in [-0.2, -0.15) is 0 Å². The molecule has 2 amide bonds. The Morgan fingerprint density at radius 3 is 2.21 bits per heavy atom. The summed E-state index contributed by atoms with van der Waals surface area (Å²) in [6, 6.07) is 24.6. The fourth-order valence-corrected chi connectivity index (χ4v) is 10.4. The molecule has 11 heteroatoms. The summed E-state index contributed by atoms with van der Waals surface area (Å²) in [7, 11) is 1.87. The van der Waals surface area contributed by atoms with Gasteiger partial charge in [-0.25, -0.2) is 4.79 Å². The van der Waals surface area contributed by atoms with Gasteiger partial charge >= 0.3 is 6.09 Å². The maximum atomic E-state index is 14.5. The van der Waals surface area contributed by atoms with Crippen LogP contribution in [-0.4, -0.2) is 71.5 Å². The maximum absolute atomic E-state index is 14.5. The van der Waals surface area contributed by atoms with E-state index in [0.717, 1.165) is 72.9 Å². The van der Waals surface area contributed by atoms with E-state index >= 15 is 0 Å². The second-order valence-electron chi connectivity index (χ2n) is 18.3. The molecule has 1 heterocycles. The fraction of sp³-hybridized carbons (Fsp3) is 0.545. The summed E-state index contributed by atoms with van der Waals surface area (Å²) in [6.07, 6.45) is 19.2. The number of hydrogen-bond acceptors (Lipinski definition) is 9. The van der Waals surface area contributed by atoms with Gasteiger partial charge in [-0.3, -0.25) is 4.79 Å². The summed E-state index contributed by atoms with van der Waals surface area (Å²) in [5.41, 5.74) is 4.53. The average molecular weight is 906 g/mol. The number of carbonyl (C=O) groups excluding carboxylic acids is 2. The molecule has 0 radical (unpaired) electrons. The first-order valence-corrected chi connectivity index (χ1v) is 24.8. The Hall–Kier alpha value is -4.97. The van der Waals surface area contributed by atoms with Gasteiger partial charge in [0, 0.05) is 51.1 Å². The number of aliphatic hydroxyl groups excluding tert-OH is 2. The van der Waals surface area contributed by atoms with Crippen molar-refractivity contribution in [2.45, 2.75) is 147 Å². The van der Waals surface area contributed by atoms with E-state index in [0.29, 0.717) is 43.7 Å². The van der Waals surface area contributed by atoms with Crippen LogP contribution in [0.4, 0.5) is 4.79 Å². The van der Waals surface area contributed by atoms with Gasteiger partial charge in [0.05, 0.1) is 18.2 Å². The van der Waals surface area contributed by atoms with Crippen LogP contribution in [0, 0.1) is 17.8 Å². The lowest BCUT2D eigenvalue weighted by atomic mass is 9.55. The van der Waals surface area contributed by atoms with Crippen molar-refractivity contribution in [2.75, 3.05) is 26.9 Å². The molecule has 1 fully saturated rings. The number of oxime groups is 1. The SMILES string of the molecule is C=CCOC12Oc3ccc(OC(=O)NCc4ccccc4)cc3C3C(CCCCO)C(CCCCO)C=C(C(=NOCc4ccccc4)CC1N(C)C(=O)CCCCCCCCCCC)C32. The Morgan fingerprint density at radius 2 is 1.53 bits per heavy atom.